The van der Waals surface area contributed by atoms with Gasteiger partial charge in [-0.25, -0.2) is 4.21 Å². The molecule has 5 nitrogen and oxygen atoms in total. The van der Waals surface area contributed by atoms with Crippen molar-refractivity contribution in [2.45, 2.75) is 6.92 Å². The number of hydrogen-bond donors (Lipinski definition) is 0. The average Bonchev–Trinajstić information content (AvgIpc) is 1.63. The van der Waals surface area contributed by atoms with Crippen molar-refractivity contribution >= 4 is 22.7 Å². The quantitative estimate of drug-likeness (QED) is 0.531. The highest BCUT2D eigenvalue weighted by molar-refractivity contribution is 7.88. The average molecular weight is 173 g/mol. The van der Waals surface area contributed by atoms with Crippen LogP contribution in [0.5, 0.6) is 0 Å². The van der Waals surface area contributed by atoms with Gasteiger partial charge in [0, 0.05) is 0 Å². The van der Waals surface area contributed by atoms with Crippen LogP contribution < -0.4 is 0 Å². The highest BCUT2D eigenvalue weighted by Gasteiger charge is 1.96. The van der Waals surface area contributed by atoms with Crippen molar-refractivity contribution in [3.63, 3.8) is 0 Å². The van der Waals surface area contributed by atoms with Gasteiger partial charge in [0.25, 0.3) is 0 Å². The van der Waals surface area contributed by atoms with Crippen molar-refractivity contribution < 1.29 is 20.8 Å². The second-order valence-electron chi connectivity index (χ2n) is 0.883. The maximum atomic E-state index is 10.1. The van der Waals surface area contributed by atoms with E-state index >= 15 is 0 Å². The molecule has 0 aromatic rings. The third-order valence-corrected chi connectivity index (χ3v) is 1.64. The van der Waals surface area contributed by atoms with Gasteiger partial charge in [-0.15, -0.1) is 0 Å². The lowest BCUT2D eigenvalue weighted by atomic mass is 10.9. The Bertz CT molecular complexity index is 122. The van der Waals surface area contributed by atoms with Gasteiger partial charge in [-0.2, -0.15) is 7.84 Å². The molecule has 0 N–H and O–H groups in total. The molecule has 0 radical (unpaired) electrons. The molecule has 0 fully saturated rings. The second kappa shape index (κ2) is 5.00. The molecule has 56 valence electrons. The van der Waals surface area contributed by atoms with E-state index in [1.165, 1.54) is 0 Å². The van der Waals surface area contributed by atoms with Crippen LogP contribution in [-0.4, -0.2) is 19.6 Å². The molecule has 0 spiro atoms. The highest BCUT2D eigenvalue weighted by Crippen LogP contribution is 1.89. The van der Waals surface area contributed by atoms with Gasteiger partial charge in [0.1, 0.15) is 11.4 Å². The lowest BCUT2D eigenvalue weighted by molar-refractivity contribution is 0.325. The van der Waals surface area contributed by atoms with E-state index in [9.17, 15) is 13.0 Å². The molecule has 0 aromatic heterocycles. The van der Waals surface area contributed by atoms with Gasteiger partial charge in [-0.05, 0) is 6.92 Å². The van der Waals surface area contributed by atoms with Crippen LogP contribution in [0.1, 0.15) is 6.92 Å². The van der Waals surface area contributed by atoms with Gasteiger partial charge in [0.15, 0.2) is 0 Å². The SMILES string of the molecule is CCOS(=O)OS(=O)[O-]. The molecule has 0 amide bonds. The summed E-state index contributed by atoms with van der Waals surface area (Å²) in [7, 11) is 0. The molecule has 0 aliphatic rings. The third kappa shape index (κ3) is 6.06. The summed E-state index contributed by atoms with van der Waals surface area (Å²) in [6.45, 7) is 1.71. The van der Waals surface area contributed by atoms with E-state index in [0.717, 1.165) is 0 Å². The fourth-order valence-corrected chi connectivity index (χ4v) is 0.874. The van der Waals surface area contributed by atoms with Gasteiger partial charge in [0.05, 0.1) is 6.61 Å². The van der Waals surface area contributed by atoms with E-state index in [-0.39, 0.29) is 6.61 Å². The van der Waals surface area contributed by atoms with Crippen LogP contribution in [0, 0.1) is 0 Å². The minimum absolute atomic E-state index is 0.143. The monoisotopic (exact) mass is 173 g/mol. The maximum Gasteiger partial charge on any atom is 0.317 e. The molecular formula is C2H5O5S2-. The summed E-state index contributed by atoms with van der Waals surface area (Å²) in [5, 5.41) is 0. The van der Waals surface area contributed by atoms with Crippen LogP contribution in [0.2, 0.25) is 0 Å². The zero-order valence-corrected chi connectivity index (χ0v) is 6.20. The lowest BCUT2D eigenvalue weighted by Gasteiger charge is -2.01. The first kappa shape index (κ1) is 9.18. The van der Waals surface area contributed by atoms with Crippen LogP contribution in [0.15, 0.2) is 0 Å². The molecule has 7 heteroatoms. The summed E-state index contributed by atoms with van der Waals surface area (Å²) < 4.78 is 37.2. The normalized spacial score (nSPS) is 17.1. The van der Waals surface area contributed by atoms with E-state index in [1.807, 2.05) is 0 Å². The molecule has 0 aromatic carbocycles. The zero-order chi connectivity index (χ0) is 7.28. The van der Waals surface area contributed by atoms with Gasteiger partial charge in [0.2, 0.25) is 0 Å². The molecule has 2 unspecified atom stereocenters. The third-order valence-electron chi connectivity index (χ3n) is 0.325. The topological polar surface area (TPSA) is 75.7 Å². The Hall–Kier alpha value is 0.180. The predicted molar refractivity (Wildman–Crippen MR) is 29.8 cm³/mol. The van der Waals surface area contributed by atoms with E-state index in [1.54, 1.807) is 6.92 Å². The molecule has 0 saturated carbocycles. The molecule has 0 heterocycles. The summed E-state index contributed by atoms with van der Waals surface area (Å²) in [5.74, 6) is 0. The van der Waals surface area contributed by atoms with Crippen LogP contribution in [0.4, 0.5) is 0 Å². The van der Waals surface area contributed by atoms with Crippen LogP contribution >= 0.6 is 0 Å². The van der Waals surface area contributed by atoms with Crippen molar-refractivity contribution in [1.29, 1.82) is 0 Å². The second-order valence-corrected chi connectivity index (χ2v) is 2.48. The predicted octanol–water partition coefficient (Wildman–Crippen LogP) is -0.588. The van der Waals surface area contributed by atoms with Crippen molar-refractivity contribution in [1.82, 2.24) is 0 Å². The summed E-state index contributed by atoms with van der Waals surface area (Å²) >= 11 is -4.94. The van der Waals surface area contributed by atoms with Gasteiger partial charge in [-0.1, -0.05) is 0 Å². The smallest absolute Gasteiger partial charge is 0.317 e. The molecule has 0 aliphatic carbocycles. The number of hydrogen-bond acceptors (Lipinski definition) is 5. The first-order valence-electron chi connectivity index (χ1n) is 2.00. The zero-order valence-electron chi connectivity index (χ0n) is 4.56. The Kier molecular flexibility index (Phi) is 5.10. The first-order chi connectivity index (χ1) is 4.16. The minimum Gasteiger partial charge on any atom is -0.749 e. The van der Waals surface area contributed by atoms with E-state index < -0.39 is 22.7 Å². The number of rotatable bonds is 4. The van der Waals surface area contributed by atoms with E-state index in [0.29, 0.717) is 0 Å². The van der Waals surface area contributed by atoms with Gasteiger partial charge < -0.3 is 4.55 Å². The molecule has 0 aliphatic heterocycles. The maximum absolute atomic E-state index is 10.1. The largest absolute Gasteiger partial charge is 0.749 e. The van der Waals surface area contributed by atoms with E-state index in [2.05, 4.69) is 7.81 Å². The van der Waals surface area contributed by atoms with Crippen molar-refractivity contribution in [3.05, 3.63) is 0 Å². The lowest BCUT2D eigenvalue weighted by Crippen LogP contribution is -2.03. The van der Waals surface area contributed by atoms with Gasteiger partial charge in [-0.3, -0.25) is 4.18 Å². The molecule has 2 atom stereocenters. The summed E-state index contributed by atoms with van der Waals surface area (Å²) in [5.41, 5.74) is 0. The van der Waals surface area contributed by atoms with E-state index in [4.69, 9.17) is 0 Å². The Labute approximate surface area is 57.7 Å². The molecule has 9 heavy (non-hydrogen) atoms. The van der Waals surface area contributed by atoms with Crippen LogP contribution in [0.3, 0.4) is 0 Å². The van der Waals surface area contributed by atoms with Gasteiger partial charge >= 0.3 is 11.4 Å². The molecule has 0 saturated heterocycles. The Balaban J connectivity index is 3.39. The first-order valence-corrected chi connectivity index (χ1v) is 4.00. The summed E-state index contributed by atoms with van der Waals surface area (Å²) in [6, 6.07) is 0. The Morgan fingerprint density at radius 1 is 1.56 bits per heavy atom. The van der Waals surface area contributed by atoms with Crippen LogP contribution in [0.25, 0.3) is 0 Å². The summed E-state index contributed by atoms with van der Waals surface area (Å²) in [4.78, 5) is 0. The molecule has 0 rings (SSSR count). The minimum atomic E-state index is -2.77. The Morgan fingerprint density at radius 3 is 2.44 bits per heavy atom. The highest BCUT2D eigenvalue weighted by atomic mass is 32.3. The Morgan fingerprint density at radius 2 is 2.11 bits per heavy atom. The van der Waals surface area contributed by atoms with Crippen molar-refractivity contribution in [2.75, 3.05) is 6.61 Å². The van der Waals surface area contributed by atoms with Crippen LogP contribution in [-0.2, 0) is 30.5 Å². The summed E-state index contributed by atoms with van der Waals surface area (Å²) in [6.07, 6.45) is 0. The fraction of sp³-hybridized carbons (Fsp3) is 1.00. The fourth-order valence-electron chi connectivity index (χ4n) is 0.161. The molecular weight excluding hydrogens is 168 g/mol. The molecule has 0 bridgehead atoms. The van der Waals surface area contributed by atoms with Crippen molar-refractivity contribution in [2.24, 2.45) is 0 Å². The standard InChI is InChI=1S/C2H6O5S2/c1-2-6-9(5)7-8(3)4/h2H2,1H3,(H,3,4)/p-1. The van der Waals surface area contributed by atoms with Crippen molar-refractivity contribution in [3.8, 4) is 0 Å².